The Labute approximate surface area is 494 Å². The average Bonchev–Trinajstić information content (AvgIpc) is 3.78. The van der Waals surface area contributed by atoms with Crippen LogP contribution in [-0.2, 0) is 64.5 Å². The summed E-state index contributed by atoms with van der Waals surface area (Å²) in [6.07, 6.45) is 13.8. The van der Waals surface area contributed by atoms with Crippen LogP contribution in [0.3, 0.4) is 0 Å². The van der Waals surface area contributed by atoms with Crippen LogP contribution in [-0.4, -0.2) is 130 Å². The predicted octanol–water partition coefficient (Wildman–Crippen LogP) is 0.268. The van der Waals surface area contributed by atoms with Gasteiger partial charge in [-0.15, -0.1) is 5.06 Å². The molecule has 0 aliphatic carbocycles. The van der Waals surface area contributed by atoms with Gasteiger partial charge in [0.2, 0.25) is 5.69 Å². The van der Waals surface area contributed by atoms with Gasteiger partial charge in [0.1, 0.15) is 28.2 Å². The number of methoxy groups -OCH3 is 2. The van der Waals surface area contributed by atoms with Crippen LogP contribution in [0.25, 0.3) is 16.9 Å². The molecule has 0 radical (unpaired) electrons. The Balaban J connectivity index is 0.00000547. The van der Waals surface area contributed by atoms with Crippen LogP contribution in [0.2, 0.25) is 0 Å². The molecule has 1 fully saturated rings. The van der Waals surface area contributed by atoms with Gasteiger partial charge in [-0.25, -0.2) is 30.0 Å². The number of allylic oxidation sites excluding steroid dienone is 8. The van der Waals surface area contributed by atoms with Gasteiger partial charge in [0.05, 0.1) is 36.1 Å². The molecule has 402 valence electrons. The van der Waals surface area contributed by atoms with E-state index in [1.54, 1.807) is 50.0 Å². The second-order valence-corrected chi connectivity index (χ2v) is 23.3. The van der Waals surface area contributed by atoms with Crippen molar-refractivity contribution >= 4 is 82.1 Å². The molecule has 0 N–H and O–H groups in total. The van der Waals surface area contributed by atoms with Crippen molar-refractivity contribution in [1.29, 1.82) is 0 Å². The maximum Gasteiger partial charge on any atom is 1.00 e. The van der Waals surface area contributed by atoms with Gasteiger partial charge in [-0.2, -0.15) is 4.58 Å². The SMILES string of the molecule is COCCC1(CCOC)C=C(C)c2cc3c(cc2N1CCCS(=O)(=O)[O-])OC(c1ccccc1)=CC3=CC=CC=CC1=[N+](CCCS(=O)(=O)[O-])c2ccc(S(=O)(=O)[O-])cc2C1(C)CCCC(=O)ON1C(=O)CCC1=O.[Na+].[Na+]. The van der Waals surface area contributed by atoms with E-state index in [0.717, 1.165) is 39.6 Å². The molecule has 24 heteroatoms. The molecule has 0 spiro atoms. The number of anilines is 1. The third kappa shape index (κ3) is 15.6. The minimum absolute atomic E-state index is 0. The Morgan fingerprint density at radius 3 is 2.08 bits per heavy atom. The first kappa shape index (κ1) is 63.7. The van der Waals surface area contributed by atoms with Crippen LogP contribution < -0.4 is 68.8 Å². The van der Waals surface area contributed by atoms with Crippen molar-refractivity contribution in [3.63, 3.8) is 0 Å². The van der Waals surface area contributed by atoms with Gasteiger partial charge in [-0.3, -0.25) is 9.59 Å². The molecule has 3 aromatic carbocycles. The number of rotatable bonds is 24. The summed E-state index contributed by atoms with van der Waals surface area (Å²) >= 11 is 0. The van der Waals surface area contributed by atoms with E-state index in [2.05, 4.69) is 11.0 Å². The number of imide groups is 1. The first-order valence-electron chi connectivity index (χ1n) is 24.3. The monoisotopic (exact) mass is 1140 g/mol. The van der Waals surface area contributed by atoms with E-state index in [0.29, 0.717) is 59.6 Å². The predicted molar refractivity (Wildman–Crippen MR) is 275 cm³/mol. The normalized spacial score (nSPS) is 18.7. The molecule has 4 heterocycles. The van der Waals surface area contributed by atoms with Crippen molar-refractivity contribution in [2.45, 2.75) is 87.5 Å². The van der Waals surface area contributed by atoms with E-state index in [1.165, 1.54) is 12.1 Å². The number of carbonyl (C=O) groups is 3. The number of amides is 2. The van der Waals surface area contributed by atoms with Crippen molar-refractivity contribution < 1.29 is 136 Å². The van der Waals surface area contributed by atoms with E-state index >= 15 is 0 Å². The molecule has 19 nitrogen and oxygen atoms in total. The van der Waals surface area contributed by atoms with Gasteiger partial charge in [0.15, 0.2) is 5.71 Å². The van der Waals surface area contributed by atoms with E-state index in [-0.39, 0.29) is 117 Å². The van der Waals surface area contributed by atoms with Crippen LogP contribution in [0.5, 0.6) is 5.75 Å². The van der Waals surface area contributed by atoms with Crippen molar-refractivity contribution in [2.24, 2.45) is 0 Å². The van der Waals surface area contributed by atoms with E-state index in [1.807, 2.05) is 61.5 Å². The molecule has 4 aliphatic heterocycles. The smallest absolute Gasteiger partial charge is 0.748 e. The fourth-order valence-corrected chi connectivity index (χ4v) is 11.6. The molecular weight excluding hydrogens is 1080 g/mol. The number of hydrogen-bond donors (Lipinski definition) is 0. The number of carbonyl (C=O) groups excluding carboxylic acids is 3. The second kappa shape index (κ2) is 26.9. The summed E-state index contributed by atoms with van der Waals surface area (Å²) in [6, 6.07) is 17.3. The molecule has 1 atom stereocenters. The van der Waals surface area contributed by atoms with Crippen LogP contribution in [0.4, 0.5) is 11.4 Å². The van der Waals surface area contributed by atoms with Gasteiger partial charge in [0.25, 0.3) is 11.8 Å². The number of hydroxylamine groups is 2. The minimum atomic E-state index is -4.95. The maximum absolute atomic E-state index is 12.9. The Kier molecular flexibility index (Phi) is 22.3. The van der Waals surface area contributed by atoms with Crippen molar-refractivity contribution in [3.8, 4) is 5.75 Å². The molecule has 3 aromatic rings. The summed E-state index contributed by atoms with van der Waals surface area (Å²) in [6.45, 7) is 4.79. The second-order valence-electron chi connectivity index (χ2n) is 18.9. The van der Waals surface area contributed by atoms with Gasteiger partial charge >= 0.3 is 65.1 Å². The standard InChI is InChI=1S/C53H61N3O16S3.2Na/c1-37-36-53(24-28-69-3,25-29-70-4)55(27-13-31-74(63,64)65)45-35-47-42(34-41(37)45)39(32-46(71-47)38-14-7-5-8-15-38)16-9-6-10-17-48-52(2,23-11-18-51(59)72-56-49(57)21-22-50(56)58)43-33-40(75(66,67)68)19-20-44(43)54(48)26-12-30-73(60,61)62;;/h5-10,14-17,19-20,32-36H,11-13,18,21-31H2,1-4H3,(H2-,60,61,62,63,64,65,66,67,68);;/q;2*+1/p-2. The van der Waals surface area contributed by atoms with Crippen LogP contribution >= 0.6 is 0 Å². The van der Waals surface area contributed by atoms with Crippen molar-refractivity contribution in [3.05, 3.63) is 125 Å². The fraction of sp³-hybridized carbons (Fsp3) is 0.396. The molecular formula is C53H59N3Na2O16S3. The van der Waals surface area contributed by atoms with Crippen LogP contribution in [0.15, 0.2) is 108 Å². The topological polar surface area (TPSA) is 269 Å². The summed E-state index contributed by atoms with van der Waals surface area (Å²) in [5.74, 6) is -2.32. The molecule has 2 amide bonds. The molecule has 0 bridgehead atoms. The zero-order valence-electron chi connectivity index (χ0n) is 44.0. The molecule has 0 saturated carbocycles. The molecule has 7 rings (SSSR count). The quantitative estimate of drug-likeness (QED) is 0.0383. The largest absolute Gasteiger partial charge is 1.00 e. The Morgan fingerprint density at radius 2 is 1.45 bits per heavy atom. The third-order valence-electron chi connectivity index (χ3n) is 13.7. The van der Waals surface area contributed by atoms with E-state index < -0.39 is 75.5 Å². The number of benzene rings is 3. The zero-order valence-corrected chi connectivity index (χ0v) is 50.5. The zero-order chi connectivity index (χ0) is 54.3. The number of ether oxygens (including phenoxy) is 3. The van der Waals surface area contributed by atoms with Gasteiger partial charge in [-0.05, 0) is 81.4 Å². The summed E-state index contributed by atoms with van der Waals surface area (Å²) in [5, 5.41) is 0.447. The van der Waals surface area contributed by atoms with Gasteiger partial charge in [0, 0.05) is 117 Å². The van der Waals surface area contributed by atoms with Crippen molar-refractivity contribution in [1.82, 2.24) is 5.06 Å². The minimum Gasteiger partial charge on any atom is -0.748 e. The van der Waals surface area contributed by atoms with Gasteiger partial charge in [-0.1, -0.05) is 60.7 Å². The Bertz CT molecular complexity index is 3240. The molecule has 0 aromatic heterocycles. The Morgan fingerprint density at radius 1 is 0.805 bits per heavy atom. The van der Waals surface area contributed by atoms with Crippen molar-refractivity contribution in [2.75, 3.05) is 56.9 Å². The van der Waals surface area contributed by atoms with E-state index in [9.17, 15) is 53.3 Å². The third-order valence-corrected chi connectivity index (χ3v) is 16.2. The first-order valence-corrected chi connectivity index (χ1v) is 28.9. The summed E-state index contributed by atoms with van der Waals surface area (Å²) in [5.41, 5.74) is 4.45. The summed E-state index contributed by atoms with van der Waals surface area (Å²) in [7, 11) is -10.9. The first-order chi connectivity index (χ1) is 35.5. The number of nitrogens with zero attached hydrogens (tertiary/aromatic N) is 3. The molecule has 4 aliphatic rings. The molecule has 1 saturated heterocycles. The fourth-order valence-electron chi connectivity index (χ4n) is 10.2. The van der Waals surface area contributed by atoms with Gasteiger partial charge < -0.3 is 37.6 Å². The maximum atomic E-state index is 12.9. The summed E-state index contributed by atoms with van der Waals surface area (Å²) in [4.78, 5) is 43.9. The number of hydrogen-bond acceptors (Lipinski definition) is 17. The Hall–Kier alpha value is -4.11. The molecule has 77 heavy (non-hydrogen) atoms. The van der Waals surface area contributed by atoms with Crippen LogP contribution in [0, 0.1) is 0 Å². The van der Waals surface area contributed by atoms with E-state index in [4.69, 9.17) is 19.0 Å². The van der Waals surface area contributed by atoms with Crippen LogP contribution in [0.1, 0.15) is 93.9 Å². The summed E-state index contributed by atoms with van der Waals surface area (Å²) < 4.78 is 127. The average molecular weight is 1140 g/mol. The molecule has 1 unspecified atom stereocenters. The number of fused-ring (bicyclic) bond motifs is 3.